The summed E-state index contributed by atoms with van der Waals surface area (Å²) in [5, 5.41) is 11.2. The first kappa shape index (κ1) is 8.99. The summed E-state index contributed by atoms with van der Waals surface area (Å²) in [7, 11) is 0. The van der Waals surface area contributed by atoms with Crippen LogP contribution in [0.2, 0.25) is 0 Å². The van der Waals surface area contributed by atoms with E-state index in [1.165, 1.54) is 17.0 Å². The molecule has 0 unspecified atom stereocenters. The lowest BCUT2D eigenvalue weighted by molar-refractivity contribution is 0.461. The number of nitriles is 1. The molecule has 2 heteroatoms. The lowest BCUT2D eigenvalue weighted by Gasteiger charge is -2.15. The summed E-state index contributed by atoms with van der Waals surface area (Å²) in [5.74, 6) is 0.859. The van der Waals surface area contributed by atoms with Crippen molar-refractivity contribution in [2.75, 3.05) is 0 Å². The molecule has 3 rings (SSSR count). The van der Waals surface area contributed by atoms with Crippen LogP contribution in [0.25, 0.3) is 10.8 Å². The Morgan fingerprint density at radius 1 is 1.12 bits per heavy atom. The van der Waals surface area contributed by atoms with Gasteiger partial charge in [0, 0.05) is 12.0 Å². The first-order valence-electron chi connectivity index (χ1n) is 5.15. The lowest BCUT2D eigenvalue weighted by atomic mass is 9.97. The van der Waals surface area contributed by atoms with E-state index in [-0.39, 0.29) is 0 Å². The van der Waals surface area contributed by atoms with E-state index in [1.54, 1.807) is 0 Å². The Kier molecular flexibility index (Phi) is 1.91. The highest BCUT2D eigenvalue weighted by atomic mass is 16.5. The summed E-state index contributed by atoms with van der Waals surface area (Å²) in [4.78, 5) is 0. The molecule has 2 nitrogen and oxygen atoms in total. The molecule has 0 saturated heterocycles. The van der Waals surface area contributed by atoms with Gasteiger partial charge in [-0.25, -0.2) is 0 Å². The topological polar surface area (TPSA) is 33.0 Å². The van der Waals surface area contributed by atoms with E-state index in [1.807, 2.05) is 24.3 Å². The average Bonchev–Trinajstić information content (AvgIpc) is 2.38. The fraction of sp³-hybridized carbons (Fsp3) is 0.0714. The van der Waals surface area contributed by atoms with E-state index in [4.69, 9.17) is 10.00 Å². The standard InChI is InChI=1S/C14H9NO/c15-8-10-7-13-12-4-2-1-3-11(12)5-6-14(13)16-9-10/h1-6,9H,7H2. The molecule has 0 fully saturated rings. The highest BCUT2D eigenvalue weighted by Crippen LogP contribution is 2.32. The van der Waals surface area contributed by atoms with Gasteiger partial charge in [-0.05, 0) is 16.8 Å². The molecule has 0 radical (unpaired) electrons. The molecule has 1 aliphatic rings. The van der Waals surface area contributed by atoms with Crippen molar-refractivity contribution in [3.63, 3.8) is 0 Å². The number of ether oxygens (including phenoxy) is 1. The van der Waals surface area contributed by atoms with Crippen molar-refractivity contribution >= 4 is 10.8 Å². The summed E-state index contributed by atoms with van der Waals surface area (Å²) >= 11 is 0. The van der Waals surface area contributed by atoms with E-state index in [2.05, 4.69) is 18.2 Å². The molecule has 0 aliphatic carbocycles. The summed E-state index contributed by atoms with van der Waals surface area (Å²) in [6.07, 6.45) is 2.20. The number of hydrogen-bond acceptors (Lipinski definition) is 2. The highest BCUT2D eigenvalue weighted by molar-refractivity contribution is 5.88. The molecule has 0 bridgehead atoms. The van der Waals surface area contributed by atoms with Crippen molar-refractivity contribution < 1.29 is 4.74 Å². The van der Waals surface area contributed by atoms with Crippen LogP contribution in [0.3, 0.4) is 0 Å². The van der Waals surface area contributed by atoms with Crippen LogP contribution >= 0.6 is 0 Å². The van der Waals surface area contributed by atoms with Gasteiger partial charge >= 0.3 is 0 Å². The number of rotatable bonds is 0. The van der Waals surface area contributed by atoms with Gasteiger partial charge in [-0.1, -0.05) is 30.3 Å². The smallest absolute Gasteiger partial charge is 0.130 e. The molecular weight excluding hydrogens is 198 g/mol. The minimum atomic E-state index is 0.660. The van der Waals surface area contributed by atoms with Crippen LogP contribution in [-0.4, -0.2) is 0 Å². The second-order valence-corrected chi connectivity index (χ2v) is 3.81. The molecule has 0 spiro atoms. The lowest BCUT2D eigenvalue weighted by Crippen LogP contribution is -2.02. The number of fused-ring (bicyclic) bond motifs is 3. The van der Waals surface area contributed by atoms with Crippen LogP contribution in [0.5, 0.6) is 5.75 Å². The van der Waals surface area contributed by atoms with Crippen LogP contribution in [0, 0.1) is 11.3 Å². The van der Waals surface area contributed by atoms with Crippen LogP contribution in [-0.2, 0) is 6.42 Å². The fourth-order valence-electron chi connectivity index (χ4n) is 2.04. The van der Waals surface area contributed by atoms with Crippen molar-refractivity contribution in [1.82, 2.24) is 0 Å². The van der Waals surface area contributed by atoms with Gasteiger partial charge in [-0.15, -0.1) is 0 Å². The first-order valence-corrected chi connectivity index (χ1v) is 5.15. The minimum absolute atomic E-state index is 0.660. The van der Waals surface area contributed by atoms with Crippen LogP contribution in [0.1, 0.15) is 5.56 Å². The molecule has 76 valence electrons. The molecule has 1 heterocycles. The zero-order valence-electron chi connectivity index (χ0n) is 8.60. The predicted octanol–water partition coefficient (Wildman–Crippen LogP) is 3.18. The zero-order valence-corrected chi connectivity index (χ0v) is 8.60. The van der Waals surface area contributed by atoms with E-state index >= 15 is 0 Å². The molecule has 0 aromatic heterocycles. The third-order valence-corrected chi connectivity index (χ3v) is 2.84. The number of nitrogens with zero attached hydrogens (tertiary/aromatic N) is 1. The van der Waals surface area contributed by atoms with Gasteiger partial charge in [-0.2, -0.15) is 5.26 Å². The quantitative estimate of drug-likeness (QED) is 0.664. The van der Waals surface area contributed by atoms with Crippen molar-refractivity contribution in [3.05, 3.63) is 53.8 Å². The fourth-order valence-corrected chi connectivity index (χ4v) is 2.04. The highest BCUT2D eigenvalue weighted by Gasteiger charge is 2.14. The predicted molar refractivity (Wildman–Crippen MR) is 62.0 cm³/mol. The summed E-state index contributed by atoms with van der Waals surface area (Å²) in [6, 6.07) is 14.3. The first-order chi connectivity index (χ1) is 7.88. The SMILES string of the molecule is N#CC1=COc2ccc3ccccc3c2C1. The van der Waals surface area contributed by atoms with Gasteiger partial charge in [0.15, 0.2) is 0 Å². The molecule has 0 atom stereocenters. The van der Waals surface area contributed by atoms with Crippen molar-refractivity contribution in [2.24, 2.45) is 0 Å². The molecule has 2 aromatic rings. The van der Waals surface area contributed by atoms with E-state index in [9.17, 15) is 0 Å². The van der Waals surface area contributed by atoms with Crippen molar-refractivity contribution in [3.8, 4) is 11.8 Å². The van der Waals surface area contributed by atoms with Crippen LogP contribution in [0.15, 0.2) is 48.2 Å². The number of allylic oxidation sites excluding steroid dienone is 1. The largest absolute Gasteiger partial charge is 0.464 e. The molecule has 2 aromatic carbocycles. The maximum Gasteiger partial charge on any atom is 0.130 e. The number of hydrogen-bond donors (Lipinski definition) is 0. The molecule has 0 amide bonds. The maximum atomic E-state index is 8.89. The van der Waals surface area contributed by atoms with Gasteiger partial charge in [0.25, 0.3) is 0 Å². The summed E-state index contributed by atoms with van der Waals surface area (Å²) in [6.45, 7) is 0. The van der Waals surface area contributed by atoms with Crippen molar-refractivity contribution in [1.29, 1.82) is 5.26 Å². The van der Waals surface area contributed by atoms with Gasteiger partial charge in [-0.3, -0.25) is 0 Å². The van der Waals surface area contributed by atoms with Gasteiger partial charge < -0.3 is 4.74 Å². The van der Waals surface area contributed by atoms with E-state index in [0.29, 0.717) is 12.0 Å². The van der Waals surface area contributed by atoms with Gasteiger partial charge in [0.2, 0.25) is 0 Å². The second kappa shape index (κ2) is 3.39. The summed E-state index contributed by atoms with van der Waals surface area (Å²) < 4.78 is 5.45. The molecule has 0 saturated carbocycles. The number of benzene rings is 2. The molecule has 0 N–H and O–H groups in total. The Balaban J connectivity index is 2.26. The summed E-state index contributed by atoms with van der Waals surface area (Å²) in [5.41, 5.74) is 1.78. The Morgan fingerprint density at radius 3 is 2.88 bits per heavy atom. The second-order valence-electron chi connectivity index (χ2n) is 3.81. The minimum Gasteiger partial charge on any atom is -0.464 e. The van der Waals surface area contributed by atoms with Crippen LogP contribution < -0.4 is 4.74 Å². The molecule has 1 aliphatic heterocycles. The Hall–Kier alpha value is -2.27. The van der Waals surface area contributed by atoms with Gasteiger partial charge in [0.05, 0.1) is 11.6 Å². The van der Waals surface area contributed by atoms with E-state index < -0.39 is 0 Å². The van der Waals surface area contributed by atoms with Crippen LogP contribution in [0.4, 0.5) is 0 Å². The third-order valence-electron chi connectivity index (χ3n) is 2.84. The monoisotopic (exact) mass is 207 g/mol. The maximum absolute atomic E-state index is 8.89. The molecular formula is C14H9NO. The Bertz CT molecular complexity index is 635. The third kappa shape index (κ3) is 1.26. The Labute approximate surface area is 93.4 Å². The van der Waals surface area contributed by atoms with Crippen molar-refractivity contribution in [2.45, 2.75) is 6.42 Å². The van der Waals surface area contributed by atoms with Gasteiger partial charge in [0.1, 0.15) is 12.0 Å². The zero-order chi connectivity index (χ0) is 11.0. The normalized spacial score (nSPS) is 13.6. The molecule has 16 heavy (non-hydrogen) atoms. The average molecular weight is 207 g/mol. The Morgan fingerprint density at radius 2 is 2.00 bits per heavy atom. The van der Waals surface area contributed by atoms with E-state index in [0.717, 1.165) is 11.3 Å².